The first kappa shape index (κ1) is 10.7. The number of hydrogen-bond acceptors (Lipinski definition) is 3. The average Bonchev–Trinajstić information content (AvgIpc) is 2.76. The van der Waals surface area contributed by atoms with E-state index in [9.17, 15) is 4.79 Å². The van der Waals surface area contributed by atoms with Gasteiger partial charge in [-0.15, -0.1) is 0 Å². The van der Waals surface area contributed by atoms with E-state index in [0.29, 0.717) is 9.84 Å². The zero-order chi connectivity index (χ0) is 12.2. The first-order valence-electron chi connectivity index (χ1n) is 4.88. The molecule has 6 heteroatoms. The average molecular weight is 311 g/mol. The van der Waals surface area contributed by atoms with Crippen molar-refractivity contribution < 1.29 is 9.90 Å². The van der Waals surface area contributed by atoms with Crippen LogP contribution in [0, 0.1) is 6.92 Å². The molecule has 0 fully saturated rings. The van der Waals surface area contributed by atoms with E-state index in [1.807, 2.05) is 22.6 Å². The van der Waals surface area contributed by atoms with Crippen molar-refractivity contribution in [2.24, 2.45) is 0 Å². The number of halogens is 1. The minimum absolute atomic E-state index is 0.342. The number of aromatic nitrogens is 2. The first-order chi connectivity index (χ1) is 8.08. The maximum atomic E-state index is 11.1. The molecule has 0 aliphatic carbocycles. The summed E-state index contributed by atoms with van der Waals surface area (Å²) in [5.41, 5.74) is 2.52. The molecule has 0 spiro atoms. The van der Waals surface area contributed by atoms with E-state index < -0.39 is 5.97 Å². The fourth-order valence-corrected chi connectivity index (χ4v) is 3.21. The normalized spacial score (nSPS) is 11.4. The summed E-state index contributed by atoms with van der Waals surface area (Å²) in [4.78, 5) is 16.5. The molecule has 0 amide bonds. The quantitative estimate of drug-likeness (QED) is 0.750. The van der Waals surface area contributed by atoms with Crippen LogP contribution < -0.4 is 0 Å². The number of carboxylic acid groups (broad SMARTS) is 1. The van der Waals surface area contributed by atoms with Crippen molar-refractivity contribution >= 4 is 49.2 Å². The smallest absolute Gasteiger partial charge is 0.347 e. The Bertz CT molecular complexity index is 760. The second-order valence-corrected chi connectivity index (χ2v) is 5.58. The van der Waals surface area contributed by atoms with Crippen molar-refractivity contribution in [3.8, 4) is 0 Å². The van der Waals surface area contributed by atoms with E-state index in [-0.39, 0.29) is 0 Å². The van der Waals surface area contributed by atoms with Crippen molar-refractivity contribution in [3.63, 3.8) is 0 Å². The number of hydrogen-bond donors (Lipinski definition) is 1. The van der Waals surface area contributed by atoms with Crippen LogP contribution in [0.2, 0.25) is 0 Å². The molecule has 0 atom stereocenters. The van der Waals surface area contributed by atoms with E-state index in [4.69, 9.17) is 5.11 Å². The Labute approximate surface area is 109 Å². The number of aromatic carboxylic acids is 1. The van der Waals surface area contributed by atoms with E-state index in [1.165, 1.54) is 11.3 Å². The molecule has 17 heavy (non-hydrogen) atoms. The maximum absolute atomic E-state index is 11.1. The number of thiazole rings is 1. The minimum atomic E-state index is -0.902. The SMILES string of the molecule is Cc1c(C(=O)O)sc2nc3ccc(Br)cc3n12. The molecule has 0 radical (unpaired) electrons. The van der Waals surface area contributed by atoms with Gasteiger partial charge in [0.1, 0.15) is 4.88 Å². The Morgan fingerprint density at radius 2 is 2.29 bits per heavy atom. The fraction of sp³-hybridized carbons (Fsp3) is 0.0909. The summed E-state index contributed by atoms with van der Waals surface area (Å²) in [5.74, 6) is -0.902. The van der Waals surface area contributed by atoms with Gasteiger partial charge in [-0.2, -0.15) is 0 Å². The Hall–Kier alpha value is -1.40. The van der Waals surface area contributed by atoms with Gasteiger partial charge in [-0.25, -0.2) is 9.78 Å². The van der Waals surface area contributed by atoms with Crippen molar-refractivity contribution in [2.45, 2.75) is 6.92 Å². The summed E-state index contributed by atoms with van der Waals surface area (Å²) in [6.45, 7) is 1.80. The molecule has 1 N–H and O–H groups in total. The second kappa shape index (κ2) is 3.54. The molecule has 0 aliphatic rings. The largest absolute Gasteiger partial charge is 0.477 e. The van der Waals surface area contributed by atoms with Crippen LogP contribution >= 0.6 is 27.3 Å². The van der Waals surface area contributed by atoms with Gasteiger partial charge in [-0.3, -0.25) is 4.40 Å². The molecule has 0 aliphatic heterocycles. The molecule has 2 heterocycles. The van der Waals surface area contributed by atoms with Crippen LogP contribution in [0.1, 0.15) is 15.4 Å². The summed E-state index contributed by atoms with van der Waals surface area (Å²) in [7, 11) is 0. The van der Waals surface area contributed by atoms with Crippen LogP contribution in [-0.2, 0) is 0 Å². The lowest BCUT2D eigenvalue weighted by Crippen LogP contribution is -1.96. The zero-order valence-electron chi connectivity index (χ0n) is 8.77. The molecule has 0 saturated carbocycles. The molecule has 1 aromatic carbocycles. The number of fused-ring (bicyclic) bond motifs is 3. The monoisotopic (exact) mass is 310 g/mol. The van der Waals surface area contributed by atoms with Crippen LogP contribution in [0.25, 0.3) is 16.0 Å². The first-order valence-corrected chi connectivity index (χ1v) is 6.49. The van der Waals surface area contributed by atoms with Gasteiger partial charge in [0.25, 0.3) is 0 Å². The molecule has 0 unspecified atom stereocenters. The van der Waals surface area contributed by atoms with Gasteiger partial charge in [0.15, 0.2) is 4.96 Å². The highest BCUT2D eigenvalue weighted by Gasteiger charge is 2.17. The number of carboxylic acids is 1. The topological polar surface area (TPSA) is 54.6 Å². The van der Waals surface area contributed by atoms with Gasteiger partial charge in [0.05, 0.1) is 11.0 Å². The number of aryl methyl sites for hydroxylation is 1. The van der Waals surface area contributed by atoms with Crippen molar-refractivity contribution in [1.29, 1.82) is 0 Å². The summed E-state index contributed by atoms with van der Waals surface area (Å²) in [6.07, 6.45) is 0. The van der Waals surface area contributed by atoms with Gasteiger partial charge in [0, 0.05) is 10.2 Å². The molecule has 0 bridgehead atoms. The third kappa shape index (κ3) is 1.48. The second-order valence-electron chi connectivity index (χ2n) is 3.68. The standard InChI is InChI=1S/C11H7BrN2O2S/c1-5-9(10(15)16)17-11-13-7-3-2-6(12)4-8(7)14(5)11/h2-4H,1H3,(H,15,16). The molecular formula is C11H7BrN2O2S. The minimum Gasteiger partial charge on any atom is -0.477 e. The Morgan fingerprint density at radius 3 is 3.00 bits per heavy atom. The van der Waals surface area contributed by atoms with E-state index >= 15 is 0 Å². The molecular weight excluding hydrogens is 304 g/mol. The predicted molar refractivity (Wildman–Crippen MR) is 70.0 cm³/mol. The molecule has 3 aromatic rings. The highest BCUT2D eigenvalue weighted by Crippen LogP contribution is 2.29. The van der Waals surface area contributed by atoms with Gasteiger partial charge in [0.2, 0.25) is 0 Å². The third-order valence-electron chi connectivity index (χ3n) is 2.64. The van der Waals surface area contributed by atoms with Crippen molar-refractivity contribution in [2.75, 3.05) is 0 Å². The third-order valence-corrected chi connectivity index (χ3v) is 4.26. The number of imidazole rings is 1. The summed E-state index contributed by atoms with van der Waals surface area (Å²) >= 11 is 4.61. The fourth-order valence-electron chi connectivity index (χ4n) is 1.88. The van der Waals surface area contributed by atoms with Gasteiger partial charge in [-0.1, -0.05) is 27.3 Å². The molecule has 2 aromatic heterocycles. The van der Waals surface area contributed by atoms with E-state index in [2.05, 4.69) is 20.9 Å². The lowest BCUT2D eigenvalue weighted by Gasteiger charge is -1.96. The number of benzene rings is 1. The molecule has 3 rings (SSSR count). The van der Waals surface area contributed by atoms with Crippen LogP contribution in [-0.4, -0.2) is 20.5 Å². The van der Waals surface area contributed by atoms with Crippen LogP contribution in [0.3, 0.4) is 0 Å². The molecule has 0 saturated heterocycles. The highest BCUT2D eigenvalue weighted by atomic mass is 79.9. The Balaban J connectivity index is 2.48. The van der Waals surface area contributed by atoms with Gasteiger partial charge >= 0.3 is 5.97 Å². The predicted octanol–water partition coefficient (Wildman–Crippen LogP) is 3.32. The van der Waals surface area contributed by atoms with Crippen molar-refractivity contribution in [1.82, 2.24) is 9.38 Å². The molecule has 4 nitrogen and oxygen atoms in total. The lowest BCUT2D eigenvalue weighted by atomic mass is 10.3. The highest BCUT2D eigenvalue weighted by molar-refractivity contribution is 9.10. The zero-order valence-corrected chi connectivity index (χ0v) is 11.2. The number of nitrogens with zero attached hydrogens (tertiary/aromatic N) is 2. The Morgan fingerprint density at radius 1 is 1.53 bits per heavy atom. The number of rotatable bonds is 1. The van der Waals surface area contributed by atoms with Gasteiger partial charge in [-0.05, 0) is 25.1 Å². The van der Waals surface area contributed by atoms with Gasteiger partial charge < -0.3 is 5.11 Å². The van der Waals surface area contributed by atoms with E-state index in [0.717, 1.165) is 21.2 Å². The van der Waals surface area contributed by atoms with Crippen molar-refractivity contribution in [3.05, 3.63) is 33.2 Å². The maximum Gasteiger partial charge on any atom is 0.347 e. The van der Waals surface area contributed by atoms with E-state index in [1.54, 1.807) is 6.92 Å². The Kier molecular flexibility index (Phi) is 2.24. The van der Waals surface area contributed by atoms with Crippen LogP contribution in [0.15, 0.2) is 22.7 Å². The summed E-state index contributed by atoms with van der Waals surface area (Å²) in [5, 5.41) is 9.07. The molecule has 86 valence electrons. The lowest BCUT2D eigenvalue weighted by molar-refractivity contribution is 0.0701. The number of carbonyl (C=O) groups is 1. The summed E-state index contributed by atoms with van der Waals surface area (Å²) < 4.78 is 2.84. The van der Waals surface area contributed by atoms with Crippen LogP contribution in [0.5, 0.6) is 0 Å². The summed E-state index contributed by atoms with van der Waals surface area (Å²) in [6, 6.07) is 5.78. The van der Waals surface area contributed by atoms with Crippen LogP contribution in [0.4, 0.5) is 0 Å².